The number of fused-ring (bicyclic) bond motifs is 1. The summed E-state index contributed by atoms with van der Waals surface area (Å²) in [5.74, 6) is 1.04. The van der Waals surface area contributed by atoms with Crippen molar-refractivity contribution in [3.63, 3.8) is 0 Å². The van der Waals surface area contributed by atoms with E-state index in [1.54, 1.807) is 28.0 Å². The van der Waals surface area contributed by atoms with Crippen LogP contribution in [0.2, 0.25) is 0 Å². The summed E-state index contributed by atoms with van der Waals surface area (Å²) >= 11 is 3.46. The minimum Gasteiger partial charge on any atom is -0.330 e. The summed E-state index contributed by atoms with van der Waals surface area (Å²) in [6, 6.07) is 10.3. The fourth-order valence-electron chi connectivity index (χ4n) is 3.07. The molecule has 0 saturated heterocycles. The first-order valence-electron chi connectivity index (χ1n) is 9.04. The normalized spacial score (nSPS) is 16.4. The second-order valence-electron chi connectivity index (χ2n) is 6.38. The minimum absolute atomic E-state index is 0.0810. The summed E-state index contributed by atoms with van der Waals surface area (Å²) in [4.78, 5) is 21.0. The number of quaternary nitrogens is 1. The molecule has 1 aromatic carbocycles. The molecule has 1 atom stereocenters. The van der Waals surface area contributed by atoms with Gasteiger partial charge in [-0.1, -0.05) is 36.5 Å². The lowest BCUT2D eigenvalue weighted by Gasteiger charge is -2.22. The molecule has 6 heteroatoms. The van der Waals surface area contributed by atoms with Gasteiger partial charge >= 0.3 is 0 Å². The van der Waals surface area contributed by atoms with E-state index in [4.69, 9.17) is 0 Å². The molecule has 2 heterocycles. The van der Waals surface area contributed by atoms with E-state index < -0.39 is 0 Å². The molecule has 3 rings (SSSR count). The van der Waals surface area contributed by atoms with Crippen LogP contribution < -0.4 is 10.2 Å². The Morgan fingerprint density at radius 2 is 2.20 bits per heavy atom. The van der Waals surface area contributed by atoms with Crippen LogP contribution in [0, 0.1) is 0 Å². The average Bonchev–Trinajstić information content (AvgIpc) is 3.01. The summed E-state index contributed by atoms with van der Waals surface area (Å²) in [7, 11) is 0. The molecule has 1 aliphatic heterocycles. The van der Waals surface area contributed by atoms with E-state index in [1.807, 2.05) is 18.2 Å². The van der Waals surface area contributed by atoms with Gasteiger partial charge in [0.15, 0.2) is 5.13 Å². The average molecular weight is 377 g/mol. The van der Waals surface area contributed by atoms with Gasteiger partial charge in [-0.15, -0.1) is 11.8 Å². The van der Waals surface area contributed by atoms with Gasteiger partial charge in [0.25, 0.3) is 0 Å². The highest BCUT2D eigenvalue weighted by Gasteiger charge is 2.23. The summed E-state index contributed by atoms with van der Waals surface area (Å²) in [5, 5.41) is 3.78. The number of carbonyl (C=O) groups is 1. The first-order valence-corrected chi connectivity index (χ1v) is 10.8. The van der Waals surface area contributed by atoms with E-state index in [9.17, 15) is 4.79 Å². The van der Waals surface area contributed by atoms with E-state index in [2.05, 4.69) is 29.4 Å². The maximum atomic E-state index is 12.1. The predicted octanol–water partition coefficient (Wildman–Crippen LogP) is 3.01. The number of thiazole rings is 1. The third kappa shape index (κ3) is 5.56. The van der Waals surface area contributed by atoms with Gasteiger partial charge in [0.2, 0.25) is 5.91 Å². The number of hydrogen-bond acceptors (Lipinski definition) is 4. The molecule has 1 amide bonds. The number of rotatable bonds is 8. The van der Waals surface area contributed by atoms with Crippen LogP contribution in [-0.4, -0.2) is 29.7 Å². The highest BCUT2D eigenvalue weighted by atomic mass is 32.2. The van der Waals surface area contributed by atoms with Gasteiger partial charge in [0, 0.05) is 17.7 Å². The number of amides is 1. The van der Waals surface area contributed by atoms with Crippen molar-refractivity contribution in [1.82, 2.24) is 4.98 Å². The lowest BCUT2D eigenvalue weighted by molar-refractivity contribution is -0.915. The Labute approximate surface area is 158 Å². The van der Waals surface area contributed by atoms with Gasteiger partial charge in [-0.3, -0.25) is 4.79 Å². The highest BCUT2D eigenvalue weighted by Crippen LogP contribution is 2.24. The van der Waals surface area contributed by atoms with E-state index in [0.29, 0.717) is 6.42 Å². The first kappa shape index (κ1) is 18.4. The summed E-state index contributed by atoms with van der Waals surface area (Å²) in [6.07, 6.45) is 3.68. The van der Waals surface area contributed by atoms with Crippen LogP contribution in [0.25, 0.3) is 0 Å². The Balaban J connectivity index is 1.41. The second-order valence-corrected chi connectivity index (χ2v) is 8.63. The molecular weight excluding hydrogens is 350 g/mol. The fraction of sp³-hybridized carbons (Fsp3) is 0.474. The number of nitrogens with one attached hydrogen (secondary N) is 2. The zero-order valence-electron chi connectivity index (χ0n) is 14.7. The molecule has 1 unspecified atom stereocenters. The highest BCUT2D eigenvalue weighted by molar-refractivity contribution is 7.99. The third-order valence-electron chi connectivity index (χ3n) is 4.31. The topological polar surface area (TPSA) is 46.4 Å². The standard InChI is InChI=1S/C19H25N3OS2/c1-2-11-22-12-10-16-17(14-22)25-19(20-16)21-18(23)9-6-13-24-15-7-4-3-5-8-15/h3-5,7-8H,2,6,9-14H2,1H3,(H,20,21,23)/p+1. The fourth-order valence-corrected chi connectivity index (χ4v) is 5.04. The summed E-state index contributed by atoms with van der Waals surface area (Å²) < 4.78 is 0. The van der Waals surface area contributed by atoms with Crippen molar-refractivity contribution < 1.29 is 9.69 Å². The number of benzene rings is 1. The van der Waals surface area contributed by atoms with Crippen molar-refractivity contribution in [2.24, 2.45) is 0 Å². The number of nitrogens with zero attached hydrogens (tertiary/aromatic N) is 1. The smallest absolute Gasteiger partial charge is 0.226 e. The molecule has 0 bridgehead atoms. The van der Waals surface area contributed by atoms with Gasteiger partial charge < -0.3 is 10.2 Å². The van der Waals surface area contributed by atoms with Crippen molar-refractivity contribution in [2.45, 2.75) is 44.0 Å². The molecule has 4 nitrogen and oxygen atoms in total. The number of anilines is 1. The van der Waals surface area contributed by atoms with Gasteiger partial charge in [-0.25, -0.2) is 4.98 Å². The summed E-state index contributed by atoms with van der Waals surface area (Å²) in [6.45, 7) is 5.67. The number of aromatic nitrogens is 1. The minimum atomic E-state index is 0.0810. The predicted molar refractivity (Wildman–Crippen MR) is 106 cm³/mol. The van der Waals surface area contributed by atoms with Crippen molar-refractivity contribution in [1.29, 1.82) is 0 Å². The quantitative estimate of drug-likeness (QED) is 0.550. The molecule has 0 saturated carbocycles. The second kappa shape index (κ2) is 9.36. The number of thioether (sulfide) groups is 1. The largest absolute Gasteiger partial charge is 0.330 e. The van der Waals surface area contributed by atoms with E-state index in [-0.39, 0.29) is 5.91 Å². The zero-order valence-corrected chi connectivity index (χ0v) is 16.3. The summed E-state index contributed by atoms with van der Waals surface area (Å²) in [5.41, 5.74) is 1.19. The molecule has 1 aromatic heterocycles. The Kier molecular flexibility index (Phi) is 6.90. The van der Waals surface area contributed by atoms with Crippen LogP contribution in [0.3, 0.4) is 0 Å². The van der Waals surface area contributed by atoms with Gasteiger partial charge in [0.1, 0.15) is 6.54 Å². The molecule has 2 N–H and O–H groups in total. The Morgan fingerprint density at radius 3 is 3.00 bits per heavy atom. The Hall–Kier alpha value is -1.37. The molecule has 1 aliphatic rings. The van der Waals surface area contributed by atoms with Crippen molar-refractivity contribution in [3.05, 3.63) is 40.9 Å². The van der Waals surface area contributed by atoms with Crippen LogP contribution >= 0.6 is 23.1 Å². The Morgan fingerprint density at radius 1 is 1.36 bits per heavy atom. The molecule has 25 heavy (non-hydrogen) atoms. The van der Waals surface area contributed by atoms with Crippen molar-refractivity contribution in [2.75, 3.05) is 24.2 Å². The number of carbonyl (C=O) groups excluding carboxylic acids is 1. The molecule has 0 fully saturated rings. The van der Waals surface area contributed by atoms with Crippen LogP contribution in [-0.2, 0) is 17.8 Å². The van der Waals surface area contributed by atoms with Gasteiger partial charge in [-0.05, 0) is 30.7 Å². The maximum Gasteiger partial charge on any atom is 0.226 e. The van der Waals surface area contributed by atoms with Crippen molar-refractivity contribution in [3.8, 4) is 0 Å². The first-order chi connectivity index (χ1) is 12.2. The molecule has 0 radical (unpaired) electrons. The van der Waals surface area contributed by atoms with E-state index in [1.165, 1.54) is 28.4 Å². The SMILES string of the molecule is CCC[NH+]1CCc2nc(NC(=O)CCCSc3ccccc3)sc2C1. The molecule has 0 aliphatic carbocycles. The molecule has 0 spiro atoms. The van der Waals surface area contributed by atoms with Gasteiger partial charge in [0.05, 0.1) is 23.7 Å². The monoisotopic (exact) mass is 376 g/mol. The maximum absolute atomic E-state index is 12.1. The Bertz CT molecular complexity index is 687. The molecule has 134 valence electrons. The lowest BCUT2D eigenvalue weighted by Crippen LogP contribution is -3.11. The lowest BCUT2D eigenvalue weighted by atomic mass is 10.2. The van der Waals surface area contributed by atoms with E-state index >= 15 is 0 Å². The third-order valence-corrected chi connectivity index (χ3v) is 6.43. The zero-order chi connectivity index (χ0) is 17.5. The molecular formula is C19H26N3OS2+. The van der Waals surface area contributed by atoms with Crippen LogP contribution in [0.1, 0.15) is 36.8 Å². The van der Waals surface area contributed by atoms with Crippen molar-refractivity contribution >= 4 is 34.1 Å². The van der Waals surface area contributed by atoms with Crippen LogP contribution in [0.15, 0.2) is 35.2 Å². The molecule has 2 aromatic rings. The van der Waals surface area contributed by atoms with Crippen LogP contribution in [0.5, 0.6) is 0 Å². The van der Waals surface area contributed by atoms with E-state index in [0.717, 1.165) is 36.8 Å². The van der Waals surface area contributed by atoms with Gasteiger partial charge in [-0.2, -0.15) is 0 Å². The number of hydrogen-bond donors (Lipinski definition) is 2. The van der Waals surface area contributed by atoms with Crippen LogP contribution in [0.4, 0.5) is 5.13 Å².